The highest BCUT2D eigenvalue weighted by Crippen LogP contribution is 2.22. The molecule has 6 N–H and O–H groups in total. The number of aliphatic hydroxyl groups excluding tert-OH is 2. The lowest BCUT2D eigenvalue weighted by molar-refractivity contribution is -0.120. The Labute approximate surface area is 265 Å². The minimum Gasteiger partial charge on any atom is -0.508 e. The van der Waals surface area contributed by atoms with Crippen molar-refractivity contribution >= 4 is 11.8 Å². The zero-order valence-corrected chi connectivity index (χ0v) is 25.9. The number of benzene rings is 4. The minimum atomic E-state index is -0.782. The van der Waals surface area contributed by atoms with E-state index in [-0.39, 0.29) is 42.6 Å². The SMILES string of the molecule is C[C@H](Cc1cccc(CC(=O)NCc2ccc(C(=O)NC[C@@H](C)c3ccccc3)cc2)c1)NC[C@@H](O)c1ccc(O)c(CO)c1. The summed E-state index contributed by atoms with van der Waals surface area (Å²) in [4.78, 5) is 25.3. The standard InChI is InChI=1S/C37H43N3O5/c1-25(30-9-4-3-5-10-30)21-40-37(45)31-13-11-27(12-14-31)22-39-36(44)19-29-8-6-7-28(18-29)17-26(2)38-23-35(43)32-15-16-34(42)33(20-32)24-41/h3-16,18,20,25-26,35,38,41-43H,17,19,21-24H2,1-2H3,(H,39,44)(H,40,45)/t25-,26-,35-/m1/s1. The number of carbonyl (C=O) groups is 2. The quantitative estimate of drug-likeness (QED) is 0.117. The van der Waals surface area contributed by atoms with E-state index in [1.165, 1.54) is 11.6 Å². The average Bonchev–Trinajstić information content (AvgIpc) is 3.06. The van der Waals surface area contributed by atoms with E-state index in [2.05, 4.69) is 35.0 Å². The van der Waals surface area contributed by atoms with Crippen molar-refractivity contribution < 1.29 is 24.9 Å². The molecule has 0 saturated carbocycles. The third-order valence-electron chi connectivity index (χ3n) is 7.86. The molecule has 4 aromatic carbocycles. The van der Waals surface area contributed by atoms with Crippen molar-refractivity contribution in [2.75, 3.05) is 13.1 Å². The molecule has 3 atom stereocenters. The Balaban J connectivity index is 1.19. The van der Waals surface area contributed by atoms with Crippen LogP contribution in [-0.4, -0.2) is 46.3 Å². The number of phenols is 1. The Bertz CT molecular complexity index is 1540. The van der Waals surface area contributed by atoms with Crippen molar-refractivity contribution in [3.63, 3.8) is 0 Å². The van der Waals surface area contributed by atoms with Gasteiger partial charge in [-0.2, -0.15) is 0 Å². The van der Waals surface area contributed by atoms with Crippen LogP contribution in [0.15, 0.2) is 97.1 Å². The largest absolute Gasteiger partial charge is 0.508 e. The number of carbonyl (C=O) groups excluding carboxylic acids is 2. The number of rotatable bonds is 15. The van der Waals surface area contributed by atoms with Gasteiger partial charge in [0.25, 0.3) is 5.91 Å². The Morgan fingerprint density at radius 3 is 2.22 bits per heavy atom. The number of hydrogen-bond donors (Lipinski definition) is 6. The van der Waals surface area contributed by atoms with Gasteiger partial charge in [-0.25, -0.2) is 0 Å². The predicted molar refractivity (Wildman–Crippen MR) is 176 cm³/mol. The minimum absolute atomic E-state index is 0.00317. The van der Waals surface area contributed by atoms with Crippen molar-refractivity contribution in [2.24, 2.45) is 0 Å². The summed E-state index contributed by atoms with van der Waals surface area (Å²) in [5.41, 5.74) is 5.66. The Morgan fingerprint density at radius 2 is 1.49 bits per heavy atom. The van der Waals surface area contributed by atoms with Gasteiger partial charge in [0.15, 0.2) is 0 Å². The van der Waals surface area contributed by atoms with E-state index in [4.69, 9.17) is 0 Å². The van der Waals surface area contributed by atoms with Crippen molar-refractivity contribution in [1.29, 1.82) is 0 Å². The number of amides is 2. The molecule has 4 aromatic rings. The van der Waals surface area contributed by atoms with Crippen LogP contribution in [0.5, 0.6) is 5.75 Å². The molecule has 0 radical (unpaired) electrons. The van der Waals surface area contributed by atoms with E-state index in [0.717, 1.165) is 16.7 Å². The van der Waals surface area contributed by atoms with Crippen LogP contribution in [-0.2, 0) is 30.8 Å². The fraction of sp³-hybridized carbons (Fsp3) is 0.297. The van der Waals surface area contributed by atoms with Gasteiger partial charge in [-0.1, -0.05) is 79.7 Å². The van der Waals surface area contributed by atoms with Gasteiger partial charge in [-0.05, 0) is 71.3 Å². The topological polar surface area (TPSA) is 131 Å². The second-order valence-corrected chi connectivity index (χ2v) is 11.6. The van der Waals surface area contributed by atoms with Crippen molar-refractivity contribution in [1.82, 2.24) is 16.0 Å². The van der Waals surface area contributed by atoms with E-state index in [9.17, 15) is 24.9 Å². The van der Waals surface area contributed by atoms with E-state index in [1.807, 2.05) is 61.5 Å². The van der Waals surface area contributed by atoms with Crippen LogP contribution in [0.25, 0.3) is 0 Å². The summed E-state index contributed by atoms with van der Waals surface area (Å²) >= 11 is 0. The summed E-state index contributed by atoms with van der Waals surface area (Å²) in [5.74, 6) is 0.00451. The number of nitrogens with one attached hydrogen (secondary N) is 3. The highest BCUT2D eigenvalue weighted by atomic mass is 16.3. The van der Waals surface area contributed by atoms with Crippen LogP contribution < -0.4 is 16.0 Å². The average molecular weight is 610 g/mol. The summed E-state index contributed by atoms with van der Waals surface area (Å²) in [6.45, 7) is 5.05. The third kappa shape index (κ3) is 10.3. The van der Waals surface area contributed by atoms with E-state index in [1.54, 1.807) is 24.3 Å². The summed E-state index contributed by atoms with van der Waals surface area (Å²) in [5, 5.41) is 38.9. The first-order valence-corrected chi connectivity index (χ1v) is 15.3. The molecule has 45 heavy (non-hydrogen) atoms. The van der Waals surface area contributed by atoms with Gasteiger partial charge < -0.3 is 31.3 Å². The maximum Gasteiger partial charge on any atom is 0.251 e. The van der Waals surface area contributed by atoms with Gasteiger partial charge in [-0.3, -0.25) is 9.59 Å². The normalized spacial score (nSPS) is 13.1. The van der Waals surface area contributed by atoms with Gasteiger partial charge in [0.05, 0.1) is 19.1 Å². The lowest BCUT2D eigenvalue weighted by atomic mass is 10.0. The van der Waals surface area contributed by atoms with Crippen LogP contribution in [0.2, 0.25) is 0 Å². The van der Waals surface area contributed by atoms with E-state index in [0.29, 0.717) is 42.7 Å². The number of aromatic hydroxyl groups is 1. The Kier molecular flexibility index (Phi) is 12.3. The first-order chi connectivity index (χ1) is 21.7. The van der Waals surface area contributed by atoms with Crippen molar-refractivity contribution in [3.05, 3.63) is 136 Å². The van der Waals surface area contributed by atoms with Gasteiger partial charge >= 0.3 is 0 Å². The molecule has 0 bridgehead atoms. The summed E-state index contributed by atoms with van der Waals surface area (Å²) < 4.78 is 0. The molecule has 0 aromatic heterocycles. The maximum atomic E-state index is 12.7. The van der Waals surface area contributed by atoms with Crippen LogP contribution in [0.4, 0.5) is 0 Å². The van der Waals surface area contributed by atoms with Gasteiger partial charge in [-0.15, -0.1) is 0 Å². The Hall–Kier alpha value is -4.50. The number of aliphatic hydroxyl groups is 2. The monoisotopic (exact) mass is 609 g/mol. The molecule has 236 valence electrons. The smallest absolute Gasteiger partial charge is 0.251 e. The third-order valence-corrected chi connectivity index (χ3v) is 7.86. The summed E-state index contributed by atoms with van der Waals surface area (Å²) in [6, 6.07) is 30.0. The van der Waals surface area contributed by atoms with Crippen LogP contribution in [0.3, 0.4) is 0 Å². The molecule has 2 amide bonds. The second kappa shape index (κ2) is 16.5. The van der Waals surface area contributed by atoms with Crippen LogP contribution >= 0.6 is 0 Å². The van der Waals surface area contributed by atoms with Gasteiger partial charge in [0, 0.05) is 36.8 Å². The summed E-state index contributed by atoms with van der Waals surface area (Å²) in [7, 11) is 0. The summed E-state index contributed by atoms with van der Waals surface area (Å²) in [6.07, 6.45) is 0.184. The second-order valence-electron chi connectivity index (χ2n) is 11.6. The predicted octanol–water partition coefficient (Wildman–Crippen LogP) is 4.53. The molecular formula is C37H43N3O5. The fourth-order valence-electron chi connectivity index (χ4n) is 5.13. The van der Waals surface area contributed by atoms with E-state index < -0.39 is 6.10 Å². The van der Waals surface area contributed by atoms with Gasteiger partial charge in [0.1, 0.15) is 5.75 Å². The molecule has 0 heterocycles. The lowest BCUT2D eigenvalue weighted by Gasteiger charge is -2.18. The molecular weight excluding hydrogens is 566 g/mol. The Morgan fingerprint density at radius 1 is 0.756 bits per heavy atom. The van der Waals surface area contributed by atoms with Crippen LogP contribution in [0.1, 0.15) is 69.6 Å². The van der Waals surface area contributed by atoms with Crippen molar-refractivity contribution in [2.45, 2.75) is 57.9 Å². The molecule has 0 fully saturated rings. The molecule has 4 rings (SSSR count). The molecule has 0 spiro atoms. The molecule has 0 aliphatic heterocycles. The zero-order valence-electron chi connectivity index (χ0n) is 25.9. The van der Waals surface area contributed by atoms with E-state index >= 15 is 0 Å². The van der Waals surface area contributed by atoms with Gasteiger partial charge in [0.2, 0.25) is 5.91 Å². The highest BCUT2D eigenvalue weighted by Gasteiger charge is 2.13. The molecule has 0 unspecified atom stereocenters. The van der Waals surface area contributed by atoms with Crippen molar-refractivity contribution in [3.8, 4) is 5.75 Å². The molecule has 8 nitrogen and oxygen atoms in total. The fourth-order valence-corrected chi connectivity index (χ4v) is 5.13. The number of hydrogen-bond acceptors (Lipinski definition) is 6. The molecule has 0 aliphatic rings. The van der Waals surface area contributed by atoms with Crippen LogP contribution in [0, 0.1) is 0 Å². The molecule has 0 saturated heterocycles. The first kappa shape index (κ1) is 33.4. The first-order valence-electron chi connectivity index (χ1n) is 15.3. The lowest BCUT2D eigenvalue weighted by Crippen LogP contribution is -2.32. The highest BCUT2D eigenvalue weighted by molar-refractivity contribution is 5.94. The zero-order chi connectivity index (χ0) is 32.2. The molecule has 8 heteroatoms. The maximum absolute atomic E-state index is 12.7. The molecule has 0 aliphatic carbocycles.